The summed E-state index contributed by atoms with van der Waals surface area (Å²) < 4.78 is 37.5. The van der Waals surface area contributed by atoms with Crippen molar-refractivity contribution in [1.29, 1.82) is 0 Å². The minimum atomic E-state index is -4.46. The molecule has 2 rings (SSSR count). The van der Waals surface area contributed by atoms with E-state index in [1.807, 2.05) is 32.0 Å². The highest BCUT2D eigenvalue weighted by molar-refractivity contribution is 6.43. The van der Waals surface area contributed by atoms with Gasteiger partial charge in [-0.2, -0.15) is 13.2 Å². The van der Waals surface area contributed by atoms with Crippen molar-refractivity contribution in [2.75, 3.05) is 10.6 Å². The van der Waals surface area contributed by atoms with Gasteiger partial charge in [0.15, 0.2) is 0 Å². The van der Waals surface area contributed by atoms with Gasteiger partial charge in [-0.05, 0) is 48.7 Å². The van der Waals surface area contributed by atoms with Crippen LogP contribution in [-0.2, 0) is 22.2 Å². The maximum absolute atomic E-state index is 12.5. The second-order valence-corrected chi connectivity index (χ2v) is 5.45. The van der Waals surface area contributed by atoms with Crippen LogP contribution in [0.25, 0.3) is 0 Å². The minimum Gasteiger partial charge on any atom is -0.318 e. The van der Waals surface area contributed by atoms with Crippen molar-refractivity contribution in [3.05, 3.63) is 59.2 Å². The predicted molar refractivity (Wildman–Crippen MR) is 89.3 cm³/mol. The largest absolute Gasteiger partial charge is 0.416 e. The first-order valence-corrected chi connectivity index (χ1v) is 7.60. The molecule has 0 saturated carbocycles. The van der Waals surface area contributed by atoms with Gasteiger partial charge in [0.25, 0.3) is 0 Å². The van der Waals surface area contributed by atoms with Crippen molar-refractivity contribution >= 4 is 23.2 Å². The molecule has 0 aromatic heterocycles. The second kappa shape index (κ2) is 7.38. The van der Waals surface area contributed by atoms with Crippen LogP contribution >= 0.6 is 0 Å². The third kappa shape index (κ3) is 4.59. The van der Waals surface area contributed by atoms with Gasteiger partial charge in [-0.15, -0.1) is 0 Å². The lowest BCUT2D eigenvalue weighted by molar-refractivity contribution is -0.137. The van der Waals surface area contributed by atoms with Crippen molar-refractivity contribution in [2.24, 2.45) is 0 Å². The van der Waals surface area contributed by atoms with Gasteiger partial charge in [0.05, 0.1) is 5.56 Å². The van der Waals surface area contributed by atoms with E-state index in [9.17, 15) is 22.8 Å². The average Bonchev–Trinajstić information content (AvgIpc) is 2.56. The molecule has 2 aromatic rings. The molecule has 0 radical (unpaired) electrons. The number of rotatable bonds is 3. The van der Waals surface area contributed by atoms with Crippen LogP contribution < -0.4 is 10.6 Å². The first-order valence-electron chi connectivity index (χ1n) is 7.60. The molecule has 0 heterocycles. The molecule has 0 bridgehead atoms. The van der Waals surface area contributed by atoms with Gasteiger partial charge in [0.1, 0.15) is 0 Å². The van der Waals surface area contributed by atoms with E-state index in [0.717, 1.165) is 35.4 Å². The number of alkyl halides is 3. The zero-order valence-electron chi connectivity index (χ0n) is 13.7. The van der Waals surface area contributed by atoms with Crippen LogP contribution in [0.5, 0.6) is 0 Å². The number of para-hydroxylation sites is 1. The zero-order chi connectivity index (χ0) is 18.6. The van der Waals surface area contributed by atoms with Gasteiger partial charge in [-0.1, -0.05) is 25.1 Å². The number of carbonyl (C=O) groups is 2. The van der Waals surface area contributed by atoms with Crippen LogP contribution in [0.15, 0.2) is 42.5 Å². The van der Waals surface area contributed by atoms with Crippen LogP contribution in [0.4, 0.5) is 24.5 Å². The molecule has 0 spiro atoms. The Morgan fingerprint density at radius 3 is 2.12 bits per heavy atom. The molecular weight excluding hydrogens is 333 g/mol. The van der Waals surface area contributed by atoms with Gasteiger partial charge >= 0.3 is 18.0 Å². The van der Waals surface area contributed by atoms with Crippen molar-refractivity contribution < 1.29 is 22.8 Å². The lowest BCUT2D eigenvalue weighted by Gasteiger charge is -2.13. The molecule has 0 aliphatic carbocycles. The number of carbonyl (C=O) groups excluding carboxylic acids is 2. The Hall–Kier alpha value is -2.83. The Bertz CT molecular complexity index is 784. The summed E-state index contributed by atoms with van der Waals surface area (Å²) in [6.45, 7) is 3.73. The van der Waals surface area contributed by atoms with E-state index in [0.29, 0.717) is 12.1 Å². The molecule has 132 valence electrons. The molecule has 0 fully saturated rings. The van der Waals surface area contributed by atoms with Crippen LogP contribution in [0.3, 0.4) is 0 Å². The Morgan fingerprint density at radius 1 is 0.960 bits per heavy atom. The van der Waals surface area contributed by atoms with Gasteiger partial charge in [0.2, 0.25) is 0 Å². The molecule has 25 heavy (non-hydrogen) atoms. The van der Waals surface area contributed by atoms with Gasteiger partial charge in [-0.25, -0.2) is 0 Å². The van der Waals surface area contributed by atoms with Crippen LogP contribution in [0, 0.1) is 6.92 Å². The monoisotopic (exact) mass is 350 g/mol. The molecule has 0 aliphatic rings. The van der Waals surface area contributed by atoms with Gasteiger partial charge in [-0.3, -0.25) is 9.59 Å². The highest BCUT2D eigenvalue weighted by Crippen LogP contribution is 2.29. The Kier molecular flexibility index (Phi) is 5.46. The fraction of sp³-hybridized carbons (Fsp3) is 0.222. The molecule has 7 heteroatoms. The molecule has 0 saturated heterocycles. The lowest BCUT2D eigenvalue weighted by Crippen LogP contribution is -2.29. The summed E-state index contributed by atoms with van der Waals surface area (Å²) in [6.07, 6.45) is -3.78. The van der Waals surface area contributed by atoms with Crippen LogP contribution in [0.2, 0.25) is 0 Å². The van der Waals surface area contributed by atoms with E-state index in [4.69, 9.17) is 0 Å². The molecule has 4 nitrogen and oxygen atoms in total. The number of hydrogen-bond donors (Lipinski definition) is 2. The fourth-order valence-electron chi connectivity index (χ4n) is 2.30. The summed E-state index contributed by atoms with van der Waals surface area (Å²) in [7, 11) is 0. The third-order valence-electron chi connectivity index (χ3n) is 3.65. The maximum atomic E-state index is 12.5. The third-order valence-corrected chi connectivity index (χ3v) is 3.65. The number of amides is 2. The SMILES string of the molecule is CCc1cccc(C)c1NC(=O)C(=O)Nc1ccc(C(F)(F)F)cc1. The van der Waals surface area contributed by atoms with E-state index in [-0.39, 0.29) is 5.69 Å². The van der Waals surface area contributed by atoms with Crippen molar-refractivity contribution in [3.63, 3.8) is 0 Å². The number of nitrogens with one attached hydrogen (secondary N) is 2. The highest BCUT2D eigenvalue weighted by Gasteiger charge is 2.30. The number of hydrogen-bond acceptors (Lipinski definition) is 2. The average molecular weight is 350 g/mol. The summed E-state index contributed by atoms with van der Waals surface area (Å²) in [5.74, 6) is -1.84. The van der Waals surface area contributed by atoms with Crippen molar-refractivity contribution in [3.8, 4) is 0 Å². The number of halogens is 3. The Morgan fingerprint density at radius 2 is 1.56 bits per heavy atom. The minimum absolute atomic E-state index is 0.105. The van der Waals surface area contributed by atoms with E-state index in [1.54, 1.807) is 0 Å². The quantitative estimate of drug-likeness (QED) is 0.817. The normalized spacial score (nSPS) is 11.1. The van der Waals surface area contributed by atoms with E-state index < -0.39 is 23.6 Å². The number of aryl methyl sites for hydroxylation is 2. The summed E-state index contributed by atoms with van der Waals surface area (Å²) in [4.78, 5) is 24.0. The predicted octanol–water partition coefficient (Wildman–Crippen LogP) is 4.15. The molecule has 0 unspecified atom stereocenters. The van der Waals surface area contributed by atoms with E-state index in [2.05, 4.69) is 10.6 Å². The molecule has 2 N–H and O–H groups in total. The molecule has 2 amide bonds. The summed E-state index contributed by atoms with van der Waals surface area (Å²) >= 11 is 0. The molecule has 0 atom stereocenters. The van der Waals surface area contributed by atoms with Crippen LogP contribution in [0.1, 0.15) is 23.6 Å². The maximum Gasteiger partial charge on any atom is 0.416 e. The standard InChI is InChI=1S/C18H17F3N2O2/c1-3-12-6-4-5-11(2)15(12)23-17(25)16(24)22-14-9-7-13(8-10-14)18(19,20)21/h4-10H,3H2,1-2H3,(H,22,24)(H,23,25). The smallest absolute Gasteiger partial charge is 0.318 e. The first kappa shape index (κ1) is 18.5. The van der Waals surface area contributed by atoms with E-state index >= 15 is 0 Å². The highest BCUT2D eigenvalue weighted by atomic mass is 19.4. The zero-order valence-corrected chi connectivity index (χ0v) is 13.7. The second-order valence-electron chi connectivity index (χ2n) is 5.45. The first-order chi connectivity index (χ1) is 11.7. The van der Waals surface area contributed by atoms with Crippen molar-refractivity contribution in [2.45, 2.75) is 26.4 Å². The molecule has 2 aromatic carbocycles. The topological polar surface area (TPSA) is 58.2 Å². The summed E-state index contributed by atoms with van der Waals surface area (Å²) in [5, 5.41) is 4.83. The number of benzene rings is 2. The fourth-order valence-corrected chi connectivity index (χ4v) is 2.30. The lowest BCUT2D eigenvalue weighted by atomic mass is 10.1. The summed E-state index contributed by atoms with van der Waals surface area (Å²) in [5.41, 5.74) is 1.54. The number of anilines is 2. The molecule has 0 aliphatic heterocycles. The molecular formula is C18H17F3N2O2. The Balaban J connectivity index is 2.08. The van der Waals surface area contributed by atoms with Gasteiger partial charge < -0.3 is 10.6 Å². The Labute approximate surface area is 143 Å². The van der Waals surface area contributed by atoms with E-state index in [1.165, 1.54) is 0 Å². The van der Waals surface area contributed by atoms with Crippen LogP contribution in [-0.4, -0.2) is 11.8 Å². The van der Waals surface area contributed by atoms with Crippen molar-refractivity contribution in [1.82, 2.24) is 0 Å². The summed E-state index contributed by atoms with van der Waals surface area (Å²) in [6, 6.07) is 9.37. The van der Waals surface area contributed by atoms with Gasteiger partial charge in [0, 0.05) is 11.4 Å².